The fourth-order valence-corrected chi connectivity index (χ4v) is 5.21. The summed E-state index contributed by atoms with van der Waals surface area (Å²) in [5, 5.41) is 0. The van der Waals surface area contributed by atoms with Crippen molar-refractivity contribution in [1.82, 2.24) is 9.55 Å². The number of ether oxygens (including phenoxy) is 3. The molecule has 1 aromatic carbocycles. The van der Waals surface area contributed by atoms with E-state index < -0.39 is 12.0 Å². The second kappa shape index (κ2) is 9.34. The minimum Gasteiger partial charge on any atom is -0.497 e. The number of aryl methyl sites for hydroxylation is 2. The summed E-state index contributed by atoms with van der Waals surface area (Å²) in [7, 11) is 3.11. The zero-order chi connectivity index (χ0) is 24.6. The molecule has 0 bridgehead atoms. The number of carbonyl (C=O) groups is 1. The SMILES string of the molecule is CCOC(=O)C1=C(C)N=c2s/c(=C\c3cc(C)[nH]c3C)c(=O)n2C1c1cc(OC)ccc1OC. The zero-order valence-corrected chi connectivity index (χ0v) is 20.8. The molecule has 34 heavy (non-hydrogen) atoms. The largest absolute Gasteiger partial charge is 0.497 e. The van der Waals surface area contributed by atoms with Gasteiger partial charge in [0.15, 0.2) is 4.80 Å². The Morgan fingerprint density at radius 3 is 2.59 bits per heavy atom. The number of benzene rings is 1. The summed E-state index contributed by atoms with van der Waals surface area (Å²) in [6.07, 6.45) is 1.85. The number of hydrogen-bond acceptors (Lipinski definition) is 7. The van der Waals surface area contributed by atoms with Crippen LogP contribution in [0.4, 0.5) is 0 Å². The molecule has 3 heterocycles. The highest BCUT2D eigenvalue weighted by Crippen LogP contribution is 2.37. The van der Waals surface area contributed by atoms with Crippen molar-refractivity contribution in [3.8, 4) is 11.5 Å². The van der Waals surface area contributed by atoms with E-state index in [1.807, 2.05) is 26.0 Å². The Kier molecular flexibility index (Phi) is 6.47. The molecule has 1 aliphatic heterocycles. The van der Waals surface area contributed by atoms with Crippen LogP contribution in [0.5, 0.6) is 11.5 Å². The summed E-state index contributed by atoms with van der Waals surface area (Å²) in [6.45, 7) is 7.63. The number of fused-ring (bicyclic) bond motifs is 1. The number of thiazole rings is 1. The number of rotatable bonds is 6. The van der Waals surface area contributed by atoms with E-state index in [1.54, 1.807) is 50.8 Å². The van der Waals surface area contributed by atoms with E-state index in [2.05, 4.69) is 9.98 Å². The van der Waals surface area contributed by atoms with Crippen LogP contribution in [0.25, 0.3) is 6.08 Å². The summed E-state index contributed by atoms with van der Waals surface area (Å²) in [5.41, 5.74) is 4.07. The van der Waals surface area contributed by atoms with Crippen molar-refractivity contribution in [2.24, 2.45) is 4.99 Å². The lowest BCUT2D eigenvalue weighted by Gasteiger charge is -2.26. The van der Waals surface area contributed by atoms with E-state index in [9.17, 15) is 9.59 Å². The van der Waals surface area contributed by atoms with E-state index in [1.165, 1.54) is 11.3 Å². The van der Waals surface area contributed by atoms with Gasteiger partial charge in [-0.15, -0.1) is 0 Å². The van der Waals surface area contributed by atoms with Gasteiger partial charge in [-0.1, -0.05) is 11.3 Å². The maximum absolute atomic E-state index is 13.7. The van der Waals surface area contributed by atoms with Gasteiger partial charge in [0, 0.05) is 17.0 Å². The number of nitrogens with one attached hydrogen (secondary N) is 1. The first-order chi connectivity index (χ1) is 16.3. The first kappa shape index (κ1) is 23.6. The van der Waals surface area contributed by atoms with Crippen LogP contribution < -0.4 is 24.4 Å². The lowest BCUT2D eigenvalue weighted by atomic mass is 9.94. The highest BCUT2D eigenvalue weighted by atomic mass is 32.1. The van der Waals surface area contributed by atoms with Crippen LogP contribution >= 0.6 is 11.3 Å². The lowest BCUT2D eigenvalue weighted by molar-refractivity contribution is -0.139. The number of methoxy groups -OCH3 is 2. The summed E-state index contributed by atoms with van der Waals surface area (Å²) in [4.78, 5) is 35.2. The third-order valence-corrected chi connectivity index (χ3v) is 6.71. The van der Waals surface area contributed by atoms with Crippen LogP contribution in [0.3, 0.4) is 0 Å². The predicted octanol–water partition coefficient (Wildman–Crippen LogP) is 2.76. The molecule has 0 spiro atoms. The Hall–Kier alpha value is -3.59. The van der Waals surface area contributed by atoms with Crippen molar-refractivity contribution >= 4 is 23.4 Å². The molecule has 9 heteroatoms. The molecular weight excluding hydrogens is 454 g/mol. The molecule has 178 valence electrons. The van der Waals surface area contributed by atoms with Gasteiger partial charge in [0.25, 0.3) is 5.56 Å². The Morgan fingerprint density at radius 1 is 1.21 bits per heavy atom. The van der Waals surface area contributed by atoms with Gasteiger partial charge in [0.2, 0.25) is 0 Å². The van der Waals surface area contributed by atoms with Gasteiger partial charge >= 0.3 is 5.97 Å². The molecular formula is C25H27N3O5S. The Morgan fingerprint density at radius 2 is 1.97 bits per heavy atom. The van der Waals surface area contributed by atoms with E-state index in [0.29, 0.717) is 37.7 Å². The van der Waals surface area contributed by atoms with E-state index in [-0.39, 0.29) is 12.2 Å². The van der Waals surface area contributed by atoms with Gasteiger partial charge in [-0.25, -0.2) is 9.79 Å². The number of hydrogen-bond donors (Lipinski definition) is 1. The maximum atomic E-state index is 13.7. The van der Waals surface area contributed by atoms with E-state index in [0.717, 1.165) is 17.0 Å². The molecule has 1 atom stereocenters. The second-order valence-electron chi connectivity index (χ2n) is 7.94. The average molecular weight is 482 g/mol. The molecule has 1 N–H and O–H groups in total. The summed E-state index contributed by atoms with van der Waals surface area (Å²) < 4.78 is 18.5. The molecule has 1 aliphatic rings. The van der Waals surface area contributed by atoms with Crippen molar-refractivity contribution in [3.63, 3.8) is 0 Å². The number of allylic oxidation sites excluding steroid dienone is 1. The fourth-order valence-electron chi connectivity index (χ4n) is 4.18. The molecule has 0 radical (unpaired) electrons. The summed E-state index contributed by atoms with van der Waals surface area (Å²) in [5.74, 6) is 0.577. The molecule has 0 fully saturated rings. The molecule has 3 aromatic rings. The molecule has 8 nitrogen and oxygen atoms in total. The van der Waals surface area contributed by atoms with Crippen molar-refractivity contribution < 1.29 is 19.0 Å². The minimum atomic E-state index is -0.781. The first-order valence-electron chi connectivity index (χ1n) is 10.9. The van der Waals surface area contributed by atoms with E-state index in [4.69, 9.17) is 14.2 Å². The molecule has 0 aliphatic carbocycles. The Labute approximate surface area is 200 Å². The minimum absolute atomic E-state index is 0.202. The monoisotopic (exact) mass is 481 g/mol. The average Bonchev–Trinajstić information content (AvgIpc) is 3.29. The number of nitrogens with zero attached hydrogens (tertiary/aromatic N) is 2. The number of carbonyl (C=O) groups excluding carboxylic acids is 1. The van der Waals surface area contributed by atoms with Crippen molar-refractivity contribution in [1.29, 1.82) is 0 Å². The number of H-pyrrole nitrogens is 1. The quantitative estimate of drug-likeness (QED) is 0.547. The fraction of sp³-hybridized carbons (Fsp3) is 0.320. The van der Waals surface area contributed by atoms with Crippen molar-refractivity contribution in [2.75, 3.05) is 20.8 Å². The van der Waals surface area contributed by atoms with Gasteiger partial charge in [0.05, 0.1) is 36.6 Å². The first-order valence-corrected chi connectivity index (χ1v) is 11.7. The van der Waals surface area contributed by atoms with Crippen LogP contribution in [0.1, 0.15) is 42.4 Å². The van der Waals surface area contributed by atoms with Gasteiger partial charge in [-0.2, -0.15) is 0 Å². The third kappa shape index (κ3) is 4.07. The van der Waals surface area contributed by atoms with Gasteiger partial charge < -0.3 is 19.2 Å². The van der Waals surface area contributed by atoms with E-state index >= 15 is 0 Å². The van der Waals surface area contributed by atoms with Crippen LogP contribution in [-0.2, 0) is 9.53 Å². The second-order valence-corrected chi connectivity index (χ2v) is 8.95. The smallest absolute Gasteiger partial charge is 0.338 e. The van der Waals surface area contributed by atoms with Gasteiger partial charge in [-0.3, -0.25) is 9.36 Å². The molecule has 1 unspecified atom stereocenters. The van der Waals surface area contributed by atoms with Crippen molar-refractivity contribution in [3.05, 3.63) is 77.7 Å². The third-order valence-electron chi connectivity index (χ3n) is 5.72. The summed E-state index contributed by atoms with van der Waals surface area (Å²) >= 11 is 1.28. The van der Waals surface area contributed by atoms with Gasteiger partial charge in [-0.05, 0) is 63.6 Å². The molecule has 0 saturated carbocycles. The van der Waals surface area contributed by atoms with Crippen LogP contribution in [0.15, 0.2) is 45.3 Å². The highest BCUT2D eigenvalue weighted by Gasteiger charge is 2.35. The normalized spacial score (nSPS) is 15.7. The zero-order valence-electron chi connectivity index (χ0n) is 20.0. The van der Waals surface area contributed by atoms with Crippen molar-refractivity contribution in [2.45, 2.75) is 33.7 Å². The number of esters is 1. The molecule has 0 saturated heterocycles. The summed E-state index contributed by atoms with van der Waals surface area (Å²) in [6, 6.07) is 6.51. The predicted molar refractivity (Wildman–Crippen MR) is 130 cm³/mol. The Balaban J connectivity index is 2.03. The topological polar surface area (TPSA) is 94.9 Å². The highest BCUT2D eigenvalue weighted by molar-refractivity contribution is 7.07. The molecule has 4 rings (SSSR count). The van der Waals surface area contributed by atoms with Crippen LogP contribution in [0.2, 0.25) is 0 Å². The molecule has 0 amide bonds. The number of aromatic amines is 1. The number of aromatic nitrogens is 2. The van der Waals surface area contributed by atoms with Gasteiger partial charge in [0.1, 0.15) is 17.5 Å². The lowest BCUT2D eigenvalue weighted by Crippen LogP contribution is -2.40. The van der Waals surface area contributed by atoms with Crippen LogP contribution in [-0.4, -0.2) is 36.3 Å². The van der Waals surface area contributed by atoms with Crippen LogP contribution in [0, 0.1) is 13.8 Å². The maximum Gasteiger partial charge on any atom is 0.338 e. The standard InChI is InChI=1S/C25H27N3O5S/c1-7-33-24(30)21-15(4)27-25-28(22(21)18-12-17(31-5)8-9-19(18)32-6)23(29)20(34-25)11-16-10-13(2)26-14(16)3/h8-12,22,26H,7H2,1-6H3/b20-11-. The molecule has 2 aromatic heterocycles. The Bertz CT molecular complexity index is 1470.